The zero-order valence-corrected chi connectivity index (χ0v) is 13.8. The Kier molecular flexibility index (Phi) is 6.99. The lowest BCUT2D eigenvalue weighted by molar-refractivity contribution is -0.111. The Morgan fingerprint density at radius 1 is 1.20 bits per heavy atom. The molecule has 0 saturated carbocycles. The van der Waals surface area contributed by atoms with Crippen molar-refractivity contribution in [2.45, 2.75) is 10.7 Å². The summed E-state index contributed by atoms with van der Waals surface area (Å²) in [5, 5.41) is 11.1. The second kappa shape index (κ2) is 9.45. The molecule has 0 fully saturated rings. The number of anilines is 1. The Hall–Kier alpha value is -2.85. The first-order chi connectivity index (χ1) is 12.1. The number of ether oxygens (including phenoxy) is 1. The number of carbonyl (C=O) groups is 1. The molecular weight excluding hydrogens is 346 g/mol. The molecule has 0 spiro atoms. The van der Waals surface area contributed by atoms with Crippen LogP contribution in [0.2, 0.25) is 0 Å². The second-order valence-corrected chi connectivity index (χ2v) is 5.80. The van der Waals surface area contributed by atoms with Gasteiger partial charge in [-0.1, -0.05) is 23.9 Å². The van der Waals surface area contributed by atoms with Crippen LogP contribution in [0.4, 0.5) is 14.5 Å². The van der Waals surface area contributed by atoms with Gasteiger partial charge in [-0.25, -0.2) is 0 Å². The van der Waals surface area contributed by atoms with Crippen LogP contribution in [0, 0.1) is 11.3 Å². The Morgan fingerprint density at radius 2 is 1.88 bits per heavy atom. The van der Waals surface area contributed by atoms with Crippen LogP contribution < -0.4 is 10.1 Å². The predicted octanol–water partition coefficient (Wildman–Crippen LogP) is 4.56. The van der Waals surface area contributed by atoms with Crippen LogP contribution in [0.1, 0.15) is 5.56 Å². The molecule has 0 aliphatic heterocycles. The van der Waals surface area contributed by atoms with Crippen LogP contribution >= 0.6 is 11.8 Å². The van der Waals surface area contributed by atoms with E-state index in [0.29, 0.717) is 28.1 Å². The average molecular weight is 360 g/mol. The highest BCUT2D eigenvalue weighted by molar-refractivity contribution is 7.99. The molecule has 25 heavy (non-hydrogen) atoms. The maximum Gasteiger partial charge on any atom is 0.288 e. The first-order valence-electron chi connectivity index (χ1n) is 7.20. The molecule has 4 nitrogen and oxygen atoms in total. The number of nitrogens with zero attached hydrogens (tertiary/aromatic N) is 1. The number of carbonyl (C=O) groups excluding carboxylic acids is 1. The van der Waals surface area contributed by atoms with Crippen molar-refractivity contribution >= 4 is 29.4 Å². The Bertz CT molecular complexity index is 769. The van der Waals surface area contributed by atoms with E-state index in [2.05, 4.69) is 5.32 Å². The van der Waals surface area contributed by atoms with Gasteiger partial charge in [-0.3, -0.25) is 4.79 Å². The molecule has 2 aromatic carbocycles. The van der Waals surface area contributed by atoms with Crippen LogP contribution in [-0.4, -0.2) is 18.3 Å². The molecule has 128 valence electrons. The Labute approximate surface area is 148 Å². The number of benzene rings is 2. The number of nitrogens with one attached hydrogen (secondary N) is 1. The van der Waals surface area contributed by atoms with Gasteiger partial charge >= 0.3 is 0 Å². The van der Waals surface area contributed by atoms with Crippen molar-refractivity contribution in [3.63, 3.8) is 0 Å². The molecule has 0 aliphatic carbocycles. The summed E-state index contributed by atoms with van der Waals surface area (Å²) in [6.07, 6.45) is 3.00. The van der Waals surface area contributed by atoms with Gasteiger partial charge in [-0.2, -0.15) is 14.0 Å². The molecule has 0 heterocycles. The van der Waals surface area contributed by atoms with Crippen LogP contribution in [0.3, 0.4) is 0 Å². The summed E-state index contributed by atoms with van der Waals surface area (Å²) in [5.41, 5.74) is 1.32. The normalized spacial score (nSPS) is 10.6. The first-order valence-corrected chi connectivity index (χ1v) is 8.08. The van der Waals surface area contributed by atoms with Gasteiger partial charge in [-0.15, -0.1) is 0 Å². The van der Waals surface area contributed by atoms with Crippen molar-refractivity contribution < 1.29 is 18.3 Å². The lowest BCUT2D eigenvalue weighted by Crippen LogP contribution is -2.07. The van der Waals surface area contributed by atoms with Gasteiger partial charge in [0.2, 0.25) is 5.91 Å². The second-order valence-electron chi connectivity index (χ2n) is 4.74. The average Bonchev–Trinajstić information content (AvgIpc) is 2.60. The molecule has 2 aromatic rings. The molecule has 0 radical (unpaired) electrons. The van der Waals surface area contributed by atoms with Gasteiger partial charge in [-0.05, 0) is 48.0 Å². The number of nitriles is 1. The molecule has 0 saturated heterocycles. The van der Waals surface area contributed by atoms with Gasteiger partial charge < -0.3 is 10.1 Å². The van der Waals surface area contributed by atoms with Gasteiger partial charge in [0.05, 0.1) is 0 Å². The summed E-state index contributed by atoms with van der Waals surface area (Å²) in [6.45, 7) is -0.0216. The van der Waals surface area contributed by atoms with Crippen molar-refractivity contribution in [1.82, 2.24) is 0 Å². The molecule has 2 rings (SSSR count). The zero-order chi connectivity index (χ0) is 18.1. The van der Waals surface area contributed by atoms with E-state index in [-0.39, 0.29) is 12.5 Å². The molecule has 1 amide bonds. The Balaban J connectivity index is 1.88. The highest BCUT2D eigenvalue weighted by atomic mass is 32.2. The van der Waals surface area contributed by atoms with Gasteiger partial charge in [0.15, 0.2) is 6.61 Å². The monoisotopic (exact) mass is 360 g/mol. The summed E-state index contributed by atoms with van der Waals surface area (Å²) in [7, 11) is 0. The third-order valence-corrected chi connectivity index (χ3v) is 3.68. The third-order valence-electron chi connectivity index (χ3n) is 2.96. The highest BCUT2D eigenvalue weighted by Gasteiger charge is 2.05. The quantitative estimate of drug-likeness (QED) is 0.581. The van der Waals surface area contributed by atoms with Crippen molar-refractivity contribution in [2.75, 3.05) is 11.9 Å². The van der Waals surface area contributed by atoms with Crippen LogP contribution in [0.15, 0.2) is 59.5 Å². The summed E-state index contributed by atoms with van der Waals surface area (Å²) >= 11 is 0.451. The highest BCUT2D eigenvalue weighted by Crippen LogP contribution is 2.26. The molecule has 0 atom stereocenters. The number of hydrogen-bond acceptors (Lipinski definition) is 4. The van der Waals surface area contributed by atoms with E-state index < -0.39 is 5.76 Å². The fourth-order valence-corrected chi connectivity index (χ4v) is 2.37. The molecule has 0 bridgehead atoms. The number of amides is 1. The van der Waals surface area contributed by atoms with Crippen molar-refractivity contribution in [1.29, 1.82) is 5.26 Å². The van der Waals surface area contributed by atoms with Crippen LogP contribution in [0.5, 0.6) is 5.75 Å². The van der Waals surface area contributed by atoms with Crippen molar-refractivity contribution in [3.8, 4) is 11.8 Å². The summed E-state index contributed by atoms with van der Waals surface area (Å²) in [4.78, 5) is 12.3. The minimum atomic E-state index is -2.47. The third kappa shape index (κ3) is 6.65. The van der Waals surface area contributed by atoms with Crippen molar-refractivity contribution in [2.24, 2.45) is 0 Å². The van der Waals surface area contributed by atoms with E-state index in [1.54, 1.807) is 42.5 Å². The summed E-state index contributed by atoms with van der Waals surface area (Å²) in [5.74, 6) is -2.23. The van der Waals surface area contributed by atoms with E-state index in [1.165, 1.54) is 18.2 Å². The molecule has 0 aromatic heterocycles. The SMILES string of the molecule is N#CCOc1ccc(C=CC(=O)Nc2ccc(SC(F)F)cc2)cc1. The predicted molar refractivity (Wildman–Crippen MR) is 93.5 cm³/mol. The molecule has 0 aliphatic rings. The van der Waals surface area contributed by atoms with Gasteiger partial charge in [0.25, 0.3) is 5.76 Å². The van der Waals surface area contributed by atoms with Crippen LogP contribution in [-0.2, 0) is 4.79 Å². The van der Waals surface area contributed by atoms with E-state index in [9.17, 15) is 13.6 Å². The van der Waals surface area contributed by atoms with Gasteiger partial charge in [0, 0.05) is 16.7 Å². The number of rotatable bonds is 7. The first kappa shape index (κ1) is 18.5. The molecular formula is C18H14F2N2O2S. The van der Waals surface area contributed by atoms with E-state index >= 15 is 0 Å². The molecule has 1 N–H and O–H groups in total. The number of hydrogen-bond donors (Lipinski definition) is 1. The van der Waals surface area contributed by atoms with Crippen LogP contribution in [0.25, 0.3) is 6.08 Å². The maximum absolute atomic E-state index is 12.2. The fourth-order valence-electron chi connectivity index (χ4n) is 1.87. The lowest BCUT2D eigenvalue weighted by atomic mass is 10.2. The van der Waals surface area contributed by atoms with E-state index in [4.69, 9.17) is 10.00 Å². The molecule has 0 unspecified atom stereocenters. The van der Waals surface area contributed by atoms with E-state index in [1.807, 2.05) is 6.07 Å². The van der Waals surface area contributed by atoms with Gasteiger partial charge in [0.1, 0.15) is 11.8 Å². The number of alkyl halides is 2. The molecule has 7 heteroatoms. The summed E-state index contributed by atoms with van der Waals surface area (Å²) in [6, 6.07) is 15.0. The number of thioether (sulfide) groups is 1. The largest absolute Gasteiger partial charge is 0.479 e. The number of halogens is 2. The topological polar surface area (TPSA) is 62.1 Å². The zero-order valence-electron chi connectivity index (χ0n) is 13.0. The Morgan fingerprint density at radius 3 is 2.48 bits per heavy atom. The smallest absolute Gasteiger partial charge is 0.288 e. The minimum absolute atomic E-state index is 0.0216. The standard InChI is InChI=1S/C18H14F2N2O2S/c19-18(20)25-16-8-4-14(5-9-16)22-17(23)10-3-13-1-6-15(7-2-13)24-12-11-21/h1-10,18H,12H2,(H,22,23). The van der Waals surface area contributed by atoms with Crippen molar-refractivity contribution in [3.05, 3.63) is 60.2 Å². The lowest BCUT2D eigenvalue weighted by Gasteiger charge is -2.04. The maximum atomic E-state index is 12.2. The summed E-state index contributed by atoms with van der Waals surface area (Å²) < 4.78 is 29.6. The fraction of sp³-hybridized carbons (Fsp3) is 0.111. The minimum Gasteiger partial charge on any atom is -0.479 e. The van der Waals surface area contributed by atoms with E-state index in [0.717, 1.165) is 5.56 Å².